The molecule has 0 aliphatic rings. The number of nitrogens with two attached hydrogens (primary N) is 1. The van der Waals surface area contributed by atoms with E-state index in [0.29, 0.717) is 22.8 Å². The second-order valence-corrected chi connectivity index (χ2v) is 5.08. The summed E-state index contributed by atoms with van der Waals surface area (Å²) in [7, 11) is 0. The molecule has 0 spiro atoms. The Labute approximate surface area is 124 Å². The number of pyridine rings is 1. The molecule has 2 rings (SSSR count). The van der Waals surface area contributed by atoms with Gasteiger partial charge in [-0.1, -0.05) is 6.07 Å². The van der Waals surface area contributed by atoms with Crippen LogP contribution >= 0.6 is 0 Å². The van der Waals surface area contributed by atoms with Crippen LogP contribution in [-0.2, 0) is 0 Å². The number of nitrogen functional groups attached to an aromatic ring is 1. The number of nitrogens with one attached hydrogen (secondary N) is 1. The van der Waals surface area contributed by atoms with Crippen LogP contribution in [0.3, 0.4) is 0 Å². The molecule has 5 heteroatoms. The molecule has 2 aromatic rings. The van der Waals surface area contributed by atoms with Crippen LogP contribution in [0.5, 0.6) is 5.75 Å². The highest BCUT2D eigenvalue weighted by Crippen LogP contribution is 2.18. The van der Waals surface area contributed by atoms with E-state index in [9.17, 15) is 4.79 Å². The smallest absolute Gasteiger partial charge is 0.256 e. The number of carbonyl (C=O) groups is 1. The minimum atomic E-state index is -0.232. The summed E-state index contributed by atoms with van der Waals surface area (Å²) in [6, 6.07) is 8.82. The van der Waals surface area contributed by atoms with Gasteiger partial charge in [0.2, 0.25) is 0 Å². The van der Waals surface area contributed by atoms with Crippen molar-refractivity contribution in [1.29, 1.82) is 0 Å². The summed E-state index contributed by atoms with van der Waals surface area (Å²) in [5.41, 5.74) is 7.55. The zero-order chi connectivity index (χ0) is 15.4. The molecule has 0 atom stereocenters. The van der Waals surface area contributed by atoms with Crippen molar-refractivity contribution in [2.75, 3.05) is 11.1 Å². The molecular weight excluding hydrogens is 266 g/mol. The standard InChI is InChI=1S/C16H19N3O2/c1-10(2)21-14-6-4-5-12(8-14)16(20)19-15-11(3)7-13(17)9-18-15/h4-10H,17H2,1-3H3,(H,18,19,20). The first kappa shape index (κ1) is 14.8. The molecular formula is C16H19N3O2. The molecule has 1 amide bonds. The van der Waals surface area contributed by atoms with Crippen molar-refractivity contribution < 1.29 is 9.53 Å². The zero-order valence-electron chi connectivity index (χ0n) is 12.4. The summed E-state index contributed by atoms with van der Waals surface area (Å²) in [5.74, 6) is 0.939. The topological polar surface area (TPSA) is 77.2 Å². The van der Waals surface area contributed by atoms with Gasteiger partial charge in [0.15, 0.2) is 0 Å². The fraction of sp³-hybridized carbons (Fsp3) is 0.250. The highest BCUT2D eigenvalue weighted by molar-refractivity contribution is 6.04. The van der Waals surface area contributed by atoms with Gasteiger partial charge in [0, 0.05) is 5.56 Å². The number of aromatic nitrogens is 1. The predicted octanol–water partition coefficient (Wildman–Crippen LogP) is 3.01. The van der Waals surface area contributed by atoms with Gasteiger partial charge in [0.05, 0.1) is 18.0 Å². The Hall–Kier alpha value is -2.56. The lowest BCUT2D eigenvalue weighted by atomic mass is 10.2. The van der Waals surface area contributed by atoms with Gasteiger partial charge in [-0.05, 0) is 50.6 Å². The molecule has 0 radical (unpaired) electrons. The quantitative estimate of drug-likeness (QED) is 0.905. The SMILES string of the molecule is Cc1cc(N)cnc1NC(=O)c1cccc(OC(C)C)c1. The third-order valence-corrected chi connectivity index (χ3v) is 2.80. The van der Waals surface area contributed by atoms with Gasteiger partial charge in [-0.25, -0.2) is 4.98 Å². The van der Waals surface area contributed by atoms with Crippen LogP contribution in [0, 0.1) is 6.92 Å². The second kappa shape index (κ2) is 6.26. The first-order chi connectivity index (χ1) is 9.95. The van der Waals surface area contributed by atoms with Gasteiger partial charge < -0.3 is 15.8 Å². The van der Waals surface area contributed by atoms with Crippen LogP contribution < -0.4 is 15.8 Å². The molecule has 5 nitrogen and oxygen atoms in total. The number of hydrogen-bond acceptors (Lipinski definition) is 4. The van der Waals surface area contributed by atoms with Crippen LogP contribution in [0.25, 0.3) is 0 Å². The van der Waals surface area contributed by atoms with E-state index in [0.717, 1.165) is 5.56 Å². The van der Waals surface area contributed by atoms with Crippen molar-refractivity contribution in [3.05, 3.63) is 47.7 Å². The van der Waals surface area contributed by atoms with E-state index in [1.54, 1.807) is 24.3 Å². The normalized spacial score (nSPS) is 10.5. The Morgan fingerprint density at radius 3 is 2.76 bits per heavy atom. The van der Waals surface area contributed by atoms with Crippen LogP contribution in [0.4, 0.5) is 11.5 Å². The first-order valence-electron chi connectivity index (χ1n) is 6.76. The molecule has 0 aliphatic carbocycles. The Kier molecular flexibility index (Phi) is 4.42. The summed E-state index contributed by atoms with van der Waals surface area (Å²) in [6.45, 7) is 5.72. The predicted molar refractivity (Wildman–Crippen MR) is 83.5 cm³/mol. The minimum Gasteiger partial charge on any atom is -0.491 e. The maximum Gasteiger partial charge on any atom is 0.256 e. The molecule has 0 saturated heterocycles. The molecule has 0 bridgehead atoms. The van der Waals surface area contributed by atoms with Crippen molar-refractivity contribution >= 4 is 17.4 Å². The van der Waals surface area contributed by atoms with E-state index < -0.39 is 0 Å². The lowest BCUT2D eigenvalue weighted by Crippen LogP contribution is -2.14. The highest BCUT2D eigenvalue weighted by atomic mass is 16.5. The summed E-state index contributed by atoms with van der Waals surface area (Å²) < 4.78 is 5.58. The van der Waals surface area contributed by atoms with Gasteiger partial charge in [-0.3, -0.25) is 4.79 Å². The average molecular weight is 285 g/mol. The Bertz CT molecular complexity index is 654. The number of amides is 1. The zero-order valence-corrected chi connectivity index (χ0v) is 12.4. The van der Waals surface area contributed by atoms with Crippen LogP contribution in [-0.4, -0.2) is 17.0 Å². The Morgan fingerprint density at radius 1 is 1.33 bits per heavy atom. The summed E-state index contributed by atoms with van der Waals surface area (Å²) in [4.78, 5) is 16.4. The van der Waals surface area contributed by atoms with E-state index in [2.05, 4.69) is 10.3 Å². The van der Waals surface area contributed by atoms with E-state index in [4.69, 9.17) is 10.5 Å². The fourth-order valence-electron chi connectivity index (χ4n) is 1.89. The lowest BCUT2D eigenvalue weighted by molar-refractivity contribution is 0.102. The molecule has 1 aromatic carbocycles. The lowest BCUT2D eigenvalue weighted by Gasteiger charge is -2.11. The van der Waals surface area contributed by atoms with E-state index >= 15 is 0 Å². The Balaban J connectivity index is 2.16. The maximum absolute atomic E-state index is 12.3. The monoisotopic (exact) mass is 285 g/mol. The van der Waals surface area contributed by atoms with Crippen molar-refractivity contribution in [2.24, 2.45) is 0 Å². The first-order valence-corrected chi connectivity index (χ1v) is 6.76. The number of carbonyl (C=O) groups excluding carboxylic acids is 1. The van der Waals surface area contributed by atoms with Crippen molar-refractivity contribution in [3.8, 4) is 5.75 Å². The number of hydrogen-bond donors (Lipinski definition) is 2. The van der Waals surface area contributed by atoms with Gasteiger partial charge in [-0.15, -0.1) is 0 Å². The van der Waals surface area contributed by atoms with Crippen molar-refractivity contribution in [1.82, 2.24) is 4.98 Å². The fourth-order valence-corrected chi connectivity index (χ4v) is 1.89. The molecule has 0 aliphatic heterocycles. The van der Waals surface area contributed by atoms with Crippen molar-refractivity contribution in [2.45, 2.75) is 26.9 Å². The molecule has 0 fully saturated rings. The van der Waals surface area contributed by atoms with Gasteiger partial charge in [-0.2, -0.15) is 0 Å². The molecule has 0 unspecified atom stereocenters. The molecule has 1 heterocycles. The molecule has 3 N–H and O–H groups in total. The number of ether oxygens (including phenoxy) is 1. The highest BCUT2D eigenvalue weighted by Gasteiger charge is 2.10. The molecule has 1 aromatic heterocycles. The minimum absolute atomic E-state index is 0.0596. The van der Waals surface area contributed by atoms with Crippen LogP contribution in [0.2, 0.25) is 0 Å². The van der Waals surface area contributed by atoms with Gasteiger partial charge in [0.1, 0.15) is 11.6 Å². The number of nitrogens with zero attached hydrogens (tertiary/aromatic N) is 1. The second-order valence-electron chi connectivity index (χ2n) is 5.08. The molecule has 110 valence electrons. The van der Waals surface area contributed by atoms with Gasteiger partial charge in [0.25, 0.3) is 5.91 Å². The van der Waals surface area contributed by atoms with Crippen LogP contribution in [0.1, 0.15) is 29.8 Å². The van der Waals surface area contributed by atoms with E-state index in [-0.39, 0.29) is 12.0 Å². The largest absolute Gasteiger partial charge is 0.491 e. The number of anilines is 2. The average Bonchev–Trinajstić information content (AvgIpc) is 2.41. The third-order valence-electron chi connectivity index (χ3n) is 2.80. The number of benzene rings is 1. The van der Waals surface area contributed by atoms with Crippen LogP contribution in [0.15, 0.2) is 36.5 Å². The van der Waals surface area contributed by atoms with Gasteiger partial charge >= 0.3 is 0 Å². The van der Waals surface area contributed by atoms with E-state index in [1.807, 2.05) is 26.8 Å². The summed E-state index contributed by atoms with van der Waals surface area (Å²) in [5, 5.41) is 2.77. The third kappa shape index (κ3) is 3.95. The summed E-state index contributed by atoms with van der Waals surface area (Å²) in [6.07, 6.45) is 1.57. The number of rotatable bonds is 4. The Morgan fingerprint density at radius 2 is 2.10 bits per heavy atom. The maximum atomic E-state index is 12.3. The van der Waals surface area contributed by atoms with E-state index in [1.165, 1.54) is 6.20 Å². The number of aryl methyl sites for hydroxylation is 1. The van der Waals surface area contributed by atoms with Crippen molar-refractivity contribution in [3.63, 3.8) is 0 Å². The summed E-state index contributed by atoms with van der Waals surface area (Å²) >= 11 is 0. The molecule has 21 heavy (non-hydrogen) atoms. The molecule has 0 saturated carbocycles.